The zero-order valence-electron chi connectivity index (χ0n) is 15.7. The number of pyridine rings is 1. The maximum absolute atomic E-state index is 12.6. The second-order valence-corrected chi connectivity index (χ2v) is 7.70. The van der Waals surface area contributed by atoms with Gasteiger partial charge in [-0.05, 0) is 31.0 Å². The van der Waals surface area contributed by atoms with E-state index >= 15 is 0 Å². The van der Waals surface area contributed by atoms with Crippen molar-refractivity contribution in [2.45, 2.75) is 31.8 Å². The van der Waals surface area contributed by atoms with Gasteiger partial charge in [0, 0.05) is 57.6 Å². The molecule has 0 radical (unpaired) electrons. The van der Waals surface area contributed by atoms with Gasteiger partial charge in [-0.1, -0.05) is 11.6 Å². The molecule has 0 N–H and O–H groups in total. The molecule has 0 aromatic carbocycles. The Labute approximate surface area is 169 Å². The summed E-state index contributed by atoms with van der Waals surface area (Å²) in [5.74, 6) is 1.56. The van der Waals surface area contributed by atoms with Crippen molar-refractivity contribution in [2.24, 2.45) is 5.92 Å². The molecule has 0 saturated carbocycles. The van der Waals surface area contributed by atoms with Gasteiger partial charge in [0.1, 0.15) is 11.9 Å². The van der Waals surface area contributed by atoms with Gasteiger partial charge in [-0.2, -0.15) is 0 Å². The molecule has 8 heteroatoms. The lowest BCUT2D eigenvalue weighted by molar-refractivity contribution is -0.155. The van der Waals surface area contributed by atoms with Gasteiger partial charge >= 0.3 is 5.97 Å². The van der Waals surface area contributed by atoms with Gasteiger partial charge in [0.05, 0.1) is 10.9 Å². The number of ether oxygens (including phenoxy) is 1. The number of nitrogens with zero attached hydrogens (tertiary/aromatic N) is 5. The number of hydrogen-bond donors (Lipinski definition) is 0. The molecular weight excluding hydrogens is 378 g/mol. The molecule has 2 aliphatic rings. The lowest BCUT2D eigenvalue weighted by atomic mass is 9.97. The number of carbonyl (C=O) groups excluding carboxylic acids is 1. The average Bonchev–Trinajstić information content (AvgIpc) is 2.76. The van der Waals surface area contributed by atoms with Crippen molar-refractivity contribution in [2.75, 3.05) is 36.0 Å². The monoisotopic (exact) mass is 401 g/mol. The lowest BCUT2D eigenvalue weighted by Crippen LogP contribution is -2.41. The first-order valence-electron chi connectivity index (χ1n) is 9.78. The predicted octanol–water partition coefficient (Wildman–Crippen LogP) is 2.95. The van der Waals surface area contributed by atoms with Crippen molar-refractivity contribution in [3.05, 3.63) is 41.8 Å². The highest BCUT2D eigenvalue weighted by Crippen LogP contribution is 2.25. The number of aromatic nitrogens is 3. The molecule has 148 valence electrons. The van der Waals surface area contributed by atoms with Gasteiger partial charge < -0.3 is 14.5 Å². The number of halogens is 1. The number of carbonyl (C=O) groups is 1. The third-order valence-corrected chi connectivity index (χ3v) is 5.65. The minimum atomic E-state index is -0.0586. The van der Waals surface area contributed by atoms with Gasteiger partial charge in [-0.25, -0.2) is 15.0 Å². The largest absolute Gasteiger partial charge is 0.462 e. The van der Waals surface area contributed by atoms with Crippen LogP contribution in [0.25, 0.3) is 0 Å². The van der Waals surface area contributed by atoms with Crippen molar-refractivity contribution >= 4 is 29.3 Å². The minimum absolute atomic E-state index is 0.00784. The zero-order chi connectivity index (χ0) is 19.3. The molecule has 2 saturated heterocycles. The van der Waals surface area contributed by atoms with Crippen molar-refractivity contribution < 1.29 is 9.53 Å². The van der Waals surface area contributed by atoms with Crippen LogP contribution in [0, 0.1) is 5.92 Å². The van der Waals surface area contributed by atoms with Crippen LogP contribution in [0.1, 0.15) is 25.7 Å². The Morgan fingerprint density at radius 2 is 1.64 bits per heavy atom. The van der Waals surface area contributed by atoms with Crippen molar-refractivity contribution in [1.82, 2.24) is 15.0 Å². The Morgan fingerprint density at radius 3 is 2.29 bits per heavy atom. The fourth-order valence-corrected chi connectivity index (χ4v) is 3.90. The number of anilines is 2. The van der Waals surface area contributed by atoms with E-state index in [2.05, 4.69) is 24.8 Å². The van der Waals surface area contributed by atoms with Crippen molar-refractivity contribution in [3.8, 4) is 0 Å². The highest BCUT2D eigenvalue weighted by Gasteiger charge is 2.30. The highest BCUT2D eigenvalue weighted by molar-refractivity contribution is 6.30. The van der Waals surface area contributed by atoms with E-state index in [0.717, 1.165) is 63.6 Å². The van der Waals surface area contributed by atoms with E-state index in [0.29, 0.717) is 5.02 Å². The summed E-state index contributed by atoms with van der Waals surface area (Å²) in [5, 5.41) is 0.637. The first-order valence-corrected chi connectivity index (χ1v) is 10.2. The zero-order valence-corrected chi connectivity index (χ0v) is 16.5. The fourth-order valence-electron chi connectivity index (χ4n) is 3.79. The molecule has 2 aromatic heterocycles. The van der Waals surface area contributed by atoms with Crippen molar-refractivity contribution in [3.63, 3.8) is 0 Å². The quantitative estimate of drug-likeness (QED) is 0.729. The Kier molecular flexibility index (Phi) is 5.90. The Balaban J connectivity index is 1.22. The summed E-state index contributed by atoms with van der Waals surface area (Å²) in [6, 6.07) is 5.59. The van der Waals surface area contributed by atoms with Crippen LogP contribution < -0.4 is 9.80 Å². The van der Waals surface area contributed by atoms with Crippen molar-refractivity contribution in [1.29, 1.82) is 0 Å². The summed E-state index contributed by atoms with van der Waals surface area (Å²) in [5.41, 5.74) is 0. The number of esters is 1. The van der Waals surface area contributed by atoms with Gasteiger partial charge in [0.2, 0.25) is 5.95 Å². The van der Waals surface area contributed by atoms with Crippen LogP contribution in [-0.4, -0.2) is 53.2 Å². The summed E-state index contributed by atoms with van der Waals surface area (Å²) in [6.45, 7) is 3.22. The summed E-state index contributed by atoms with van der Waals surface area (Å²) in [4.78, 5) is 29.9. The van der Waals surface area contributed by atoms with E-state index in [1.165, 1.54) is 0 Å². The summed E-state index contributed by atoms with van der Waals surface area (Å²) in [7, 11) is 0. The fraction of sp³-hybridized carbons (Fsp3) is 0.500. The van der Waals surface area contributed by atoms with Gasteiger partial charge in [0.25, 0.3) is 0 Å². The van der Waals surface area contributed by atoms with Gasteiger partial charge in [-0.3, -0.25) is 4.79 Å². The molecule has 0 spiro atoms. The molecule has 4 heterocycles. The second kappa shape index (κ2) is 8.73. The third-order valence-electron chi connectivity index (χ3n) is 5.42. The summed E-state index contributed by atoms with van der Waals surface area (Å²) < 4.78 is 5.82. The minimum Gasteiger partial charge on any atom is -0.462 e. The van der Waals surface area contributed by atoms with Gasteiger partial charge in [0.15, 0.2) is 0 Å². The van der Waals surface area contributed by atoms with E-state index in [-0.39, 0.29) is 18.0 Å². The molecule has 0 unspecified atom stereocenters. The molecule has 2 aliphatic heterocycles. The first kappa shape index (κ1) is 18.9. The highest BCUT2D eigenvalue weighted by atomic mass is 35.5. The smallest absolute Gasteiger partial charge is 0.309 e. The van der Waals surface area contributed by atoms with Crippen LogP contribution >= 0.6 is 11.6 Å². The molecule has 0 aliphatic carbocycles. The van der Waals surface area contributed by atoms with Crippen LogP contribution in [0.3, 0.4) is 0 Å². The number of hydrogen-bond acceptors (Lipinski definition) is 7. The van der Waals surface area contributed by atoms with Crippen LogP contribution in [-0.2, 0) is 9.53 Å². The lowest BCUT2D eigenvalue weighted by Gasteiger charge is -2.34. The molecule has 4 rings (SSSR count). The normalized spacial score (nSPS) is 18.9. The summed E-state index contributed by atoms with van der Waals surface area (Å²) in [6.07, 6.45) is 8.36. The molecule has 7 nitrogen and oxygen atoms in total. The second-order valence-electron chi connectivity index (χ2n) is 7.27. The standard InChI is InChI=1S/C20H24ClN5O2/c21-16-2-3-18(24-14-16)25-12-6-17(7-13-25)28-19(27)15-4-10-26(11-5-15)20-22-8-1-9-23-20/h1-3,8-9,14-15,17H,4-7,10-13H2. The summed E-state index contributed by atoms with van der Waals surface area (Å²) >= 11 is 5.90. The van der Waals surface area contributed by atoms with E-state index in [4.69, 9.17) is 16.3 Å². The molecule has 0 atom stereocenters. The maximum atomic E-state index is 12.6. The van der Waals surface area contributed by atoms with E-state index in [9.17, 15) is 4.79 Å². The molecular formula is C20H24ClN5O2. The Morgan fingerprint density at radius 1 is 0.964 bits per heavy atom. The molecule has 2 fully saturated rings. The Hall–Kier alpha value is -2.41. The molecule has 0 amide bonds. The topological polar surface area (TPSA) is 71.5 Å². The molecule has 2 aromatic rings. The first-order chi connectivity index (χ1) is 13.7. The Bertz CT molecular complexity index is 773. The maximum Gasteiger partial charge on any atom is 0.309 e. The van der Waals surface area contributed by atoms with E-state index in [1.807, 2.05) is 18.2 Å². The molecule has 28 heavy (non-hydrogen) atoms. The number of piperidine rings is 2. The molecule has 0 bridgehead atoms. The van der Waals surface area contributed by atoms with Crippen LogP contribution in [0.4, 0.5) is 11.8 Å². The van der Waals surface area contributed by atoms with E-state index < -0.39 is 0 Å². The van der Waals surface area contributed by atoms with Crippen LogP contribution in [0.15, 0.2) is 36.8 Å². The van der Waals surface area contributed by atoms with Gasteiger partial charge in [-0.15, -0.1) is 0 Å². The average molecular weight is 402 g/mol. The predicted molar refractivity (Wildman–Crippen MR) is 108 cm³/mol. The van der Waals surface area contributed by atoms with Crippen LogP contribution in [0.5, 0.6) is 0 Å². The van der Waals surface area contributed by atoms with Crippen LogP contribution in [0.2, 0.25) is 5.02 Å². The SMILES string of the molecule is O=C(OC1CCN(c2ccc(Cl)cn2)CC1)C1CCN(c2ncccn2)CC1. The third kappa shape index (κ3) is 4.52. The number of rotatable bonds is 4. The van der Waals surface area contributed by atoms with E-state index in [1.54, 1.807) is 18.6 Å².